The van der Waals surface area contributed by atoms with Gasteiger partial charge in [-0.05, 0) is 37.6 Å². The number of aliphatic hydroxyl groups excluding tert-OH is 1. The SMILES string of the molecule is CCNC(=NCC(O)COc1ccc([N+](=O)[O-])cc1)NC(C)c1ccccc1Cl.I. The van der Waals surface area contributed by atoms with E-state index in [2.05, 4.69) is 15.6 Å². The number of halogens is 2. The van der Waals surface area contributed by atoms with Crippen molar-refractivity contribution in [2.24, 2.45) is 4.99 Å². The second-order valence-electron chi connectivity index (χ2n) is 6.32. The van der Waals surface area contributed by atoms with Crippen LogP contribution in [0.15, 0.2) is 53.5 Å². The van der Waals surface area contributed by atoms with E-state index in [1.165, 1.54) is 24.3 Å². The fourth-order valence-corrected chi connectivity index (χ4v) is 2.83. The molecule has 0 aliphatic rings. The quantitative estimate of drug-likeness (QED) is 0.144. The molecule has 2 unspecified atom stereocenters. The van der Waals surface area contributed by atoms with Gasteiger partial charge in [-0.15, -0.1) is 24.0 Å². The summed E-state index contributed by atoms with van der Waals surface area (Å²) in [4.78, 5) is 14.6. The molecule has 0 aliphatic carbocycles. The van der Waals surface area contributed by atoms with Crippen molar-refractivity contribution >= 4 is 47.2 Å². The zero-order chi connectivity index (χ0) is 21.2. The van der Waals surface area contributed by atoms with Gasteiger partial charge in [-0.25, -0.2) is 0 Å². The van der Waals surface area contributed by atoms with E-state index in [1.807, 2.05) is 38.1 Å². The van der Waals surface area contributed by atoms with E-state index < -0.39 is 11.0 Å². The van der Waals surface area contributed by atoms with Crippen molar-refractivity contribution in [1.29, 1.82) is 0 Å². The van der Waals surface area contributed by atoms with Crippen LogP contribution in [0.1, 0.15) is 25.5 Å². The zero-order valence-electron chi connectivity index (χ0n) is 16.7. The predicted octanol–water partition coefficient (Wildman–Crippen LogP) is 3.92. The first-order valence-electron chi connectivity index (χ1n) is 9.25. The van der Waals surface area contributed by atoms with Crippen molar-refractivity contribution in [2.45, 2.75) is 26.0 Å². The molecule has 3 N–H and O–H groups in total. The lowest BCUT2D eigenvalue weighted by molar-refractivity contribution is -0.384. The van der Waals surface area contributed by atoms with Crippen LogP contribution in [0, 0.1) is 10.1 Å². The Bertz CT molecular complexity index is 836. The third-order valence-corrected chi connectivity index (χ3v) is 4.36. The van der Waals surface area contributed by atoms with Crippen LogP contribution >= 0.6 is 35.6 Å². The monoisotopic (exact) mass is 548 g/mol. The van der Waals surface area contributed by atoms with E-state index in [9.17, 15) is 15.2 Å². The Balaban J connectivity index is 0.00000450. The minimum absolute atomic E-state index is 0. The Morgan fingerprint density at radius 2 is 1.93 bits per heavy atom. The summed E-state index contributed by atoms with van der Waals surface area (Å²) in [7, 11) is 0. The van der Waals surface area contributed by atoms with Crippen LogP contribution in [0.25, 0.3) is 0 Å². The fourth-order valence-electron chi connectivity index (χ4n) is 2.53. The number of benzene rings is 2. The molecule has 2 atom stereocenters. The van der Waals surface area contributed by atoms with Crippen LogP contribution in [0.3, 0.4) is 0 Å². The van der Waals surface area contributed by atoms with E-state index in [0.29, 0.717) is 23.3 Å². The summed E-state index contributed by atoms with van der Waals surface area (Å²) in [5, 5.41) is 27.9. The fraction of sp³-hybridized carbons (Fsp3) is 0.350. The number of ether oxygens (including phenoxy) is 1. The summed E-state index contributed by atoms with van der Waals surface area (Å²) >= 11 is 6.24. The molecule has 0 aromatic heterocycles. The average molecular weight is 549 g/mol. The number of nitro groups is 1. The van der Waals surface area contributed by atoms with Crippen LogP contribution in [-0.4, -0.2) is 41.8 Å². The molecule has 0 saturated carbocycles. The summed E-state index contributed by atoms with van der Waals surface area (Å²) in [5.41, 5.74) is 0.929. The highest BCUT2D eigenvalue weighted by Crippen LogP contribution is 2.22. The molecule has 0 saturated heterocycles. The number of aliphatic hydroxyl groups is 1. The second kappa shape index (κ2) is 13.2. The Morgan fingerprint density at radius 1 is 1.27 bits per heavy atom. The smallest absolute Gasteiger partial charge is 0.269 e. The van der Waals surface area contributed by atoms with Crippen LogP contribution in [0.4, 0.5) is 5.69 Å². The first kappa shape index (κ1) is 25.9. The van der Waals surface area contributed by atoms with Gasteiger partial charge in [0.1, 0.15) is 18.5 Å². The van der Waals surface area contributed by atoms with Crippen molar-refractivity contribution in [3.05, 3.63) is 69.2 Å². The van der Waals surface area contributed by atoms with Crippen LogP contribution in [0.2, 0.25) is 5.02 Å². The topological polar surface area (TPSA) is 109 Å². The van der Waals surface area contributed by atoms with Crippen LogP contribution in [0.5, 0.6) is 5.75 Å². The number of nitrogens with zero attached hydrogens (tertiary/aromatic N) is 2. The van der Waals surface area contributed by atoms with E-state index in [0.717, 1.165) is 5.56 Å². The standard InChI is InChI=1S/C20H25ClN4O4.HI/c1-3-22-20(24-14(2)18-6-4-5-7-19(18)21)23-12-16(26)13-29-17-10-8-15(9-11-17)25(27)28;/h4-11,14,16,26H,3,12-13H2,1-2H3,(H2,22,23,24);1H. The van der Waals surface area contributed by atoms with E-state index >= 15 is 0 Å². The minimum Gasteiger partial charge on any atom is -0.491 e. The third-order valence-electron chi connectivity index (χ3n) is 4.02. The molecule has 0 heterocycles. The minimum atomic E-state index is -0.837. The van der Waals surface area contributed by atoms with Gasteiger partial charge in [-0.2, -0.15) is 0 Å². The van der Waals surface area contributed by atoms with Crippen molar-refractivity contribution in [3.8, 4) is 5.75 Å². The molecule has 0 bridgehead atoms. The van der Waals surface area contributed by atoms with Crippen LogP contribution in [-0.2, 0) is 0 Å². The van der Waals surface area contributed by atoms with E-state index in [-0.39, 0.29) is 48.9 Å². The van der Waals surface area contributed by atoms with Gasteiger partial charge in [0.15, 0.2) is 5.96 Å². The van der Waals surface area contributed by atoms with Gasteiger partial charge in [-0.1, -0.05) is 29.8 Å². The van der Waals surface area contributed by atoms with E-state index in [1.54, 1.807) is 0 Å². The number of guanidine groups is 1. The van der Waals surface area contributed by atoms with Crippen LogP contribution < -0.4 is 15.4 Å². The highest BCUT2D eigenvalue weighted by Gasteiger charge is 2.12. The van der Waals surface area contributed by atoms with Gasteiger partial charge in [0.2, 0.25) is 0 Å². The number of nitro benzene ring substituents is 1. The second-order valence-corrected chi connectivity index (χ2v) is 6.73. The lowest BCUT2D eigenvalue weighted by atomic mass is 10.1. The molecule has 30 heavy (non-hydrogen) atoms. The number of aliphatic imine (C=N–C) groups is 1. The summed E-state index contributed by atoms with van der Waals surface area (Å²) in [6.07, 6.45) is -0.837. The molecule has 10 heteroatoms. The first-order chi connectivity index (χ1) is 13.9. The average Bonchev–Trinajstić information content (AvgIpc) is 2.71. The Hall–Kier alpha value is -2.11. The number of hydrogen-bond acceptors (Lipinski definition) is 5. The highest BCUT2D eigenvalue weighted by molar-refractivity contribution is 14.0. The molecule has 164 valence electrons. The molecular weight excluding hydrogens is 523 g/mol. The summed E-state index contributed by atoms with van der Waals surface area (Å²) in [6.45, 7) is 4.72. The normalized spacial score (nSPS) is 13.0. The number of hydrogen-bond donors (Lipinski definition) is 3. The largest absolute Gasteiger partial charge is 0.491 e. The molecule has 2 aromatic carbocycles. The number of non-ortho nitro benzene ring substituents is 1. The number of rotatable bonds is 9. The Morgan fingerprint density at radius 3 is 2.53 bits per heavy atom. The van der Waals surface area contributed by atoms with Gasteiger partial charge in [0.05, 0.1) is 17.5 Å². The summed E-state index contributed by atoms with van der Waals surface area (Å²) in [5.74, 6) is 0.991. The summed E-state index contributed by atoms with van der Waals surface area (Å²) in [6, 6.07) is 13.2. The maximum Gasteiger partial charge on any atom is 0.269 e. The Labute approximate surface area is 197 Å². The predicted molar refractivity (Wildman–Crippen MR) is 129 cm³/mol. The van der Waals surface area contributed by atoms with E-state index in [4.69, 9.17) is 16.3 Å². The molecule has 0 spiro atoms. The maximum atomic E-state index is 10.7. The maximum absolute atomic E-state index is 10.7. The lowest BCUT2D eigenvalue weighted by Gasteiger charge is -2.19. The molecule has 0 aliphatic heterocycles. The van der Waals surface area contributed by atoms with Crippen molar-refractivity contribution in [2.75, 3.05) is 19.7 Å². The van der Waals surface area contributed by atoms with Gasteiger partial charge < -0.3 is 20.5 Å². The van der Waals surface area contributed by atoms with Crippen molar-refractivity contribution in [1.82, 2.24) is 10.6 Å². The summed E-state index contributed by atoms with van der Waals surface area (Å²) < 4.78 is 5.46. The van der Waals surface area contributed by atoms with Gasteiger partial charge >= 0.3 is 0 Å². The molecule has 2 rings (SSSR count). The first-order valence-corrected chi connectivity index (χ1v) is 9.63. The molecule has 0 fully saturated rings. The third kappa shape index (κ3) is 8.33. The van der Waals surface area contributed by atoms with Gasteiger partial charge in [-0.3, -0.25) is 15.1 Å². The molecule has 0 amide bonds. The number of nitrogens with one attached hydrogen (secondary N) is 2. The van der Waals surface area contributed by atoms with Crippen molar-refractivity contribution in [3.63, 3.8) is 0 Å². The Kier molecular flexibility index (Phi) is 11.4. The van der Waals surface area contributed by atoms with Gasteiger partial charge in [0.25, 0.3) is 5.69 Å². The highest BCUT2D eigenvalue weighted by atomic mass is 127. The zero-order valence-corrected chi connectivity index (χ0v) is 19.8. The lowest BCUT2D eigenvalue weighted by Crippen LogP contribution is -2.39. The molecule has 8 nitrogen and oxygen atoms in total. The molecule has 0 radical (unpaired) electrons. The molecular formula is C20H26ClIN4O4. The molecule has 2 aromatic rings. The van der Waals surface area contributed by atoms with Gasteiger partial charge in [0, 0.05) is 23.7 Å². The van der Waals surface area contributed by atoms with Crippen molar-refractivity contribution < 1.29 is 14.8 Å².